The topological polar surface area (TPSA) is 122 Å². The maximum atomic E-state index is 12.7. The summed E-state index contributed by atoms with van der Waals surface area (Å²) in [6, 6.07) is 4.63. The van der Waals surface area contributed by atoms with Crippen molar-refractivity contribution in [3.8, 4) is 0 Å². The average Bonchev–Trinajstić information content (AvgIpc) is 2.93. The normalized spacial score (nSPS) is 17.6. The second kappa shape index (κ2) is 8.15. The van der Waals surface area contributed by atoms with Gasteiger partial charge in [-0.2, -0.15) is 0 Å². The molecule has 2 heterocycles. The molecule has 0 aromatic heterocycles. The van der Waals surface area contributed by atoms with Crippen LogP contribution in [0.5, 0.6) is 0 Å². The summed E-state index contributed by atoms with van der Waals surface area (Å²) >= 11 is 0. The molecule has 2 aliphatic rings. The highest BCUT2D eigenvalue weighted by Crippen LogP contribution is 2.33. The average molecular weight is 391 g/mol. The molecule has 9 heteroatoms. The number of carbonyl (C=O) groups is 3. The molecule has 9 nitrogen and oxygen atoms in total. The third-order valence-corrected chi connectivity index (χ3v) is 5.38. The van der Waals surface area contributed by atoms with Crippen LogP contribution >= 0.6 is 0 Å². The van der Waals surface area contributed by atoms with Gasteiger partial charge in [0.1, 0.15) is 6.04 Å². The third-order valence-electron chi connectivity index (χ3n) is 5.38. The molecule has 152 valence electrons. The van der Waals surface area contributed by atoms with Crippen LogP contribution in [-0.2, 0) is 25.6 Å². The number of carboxylic acids is 1. The summed E-state index contributed by atoms with van der Waals surface area (Å²) in [5, 5.41) is 8.87. The van der Waals surface area contributed by atoms with E-state index in [1.54, 1.807) is 20.3 Å². The molecule has 1 atom stereocenters. The lowest BCUT2D eigenvalue weighted by molar-refractivity contribution is -0.142. The lowest BCUT2D eigenvalue weighted by Gasteiger charge is -2.43. The van der Waals surface area contributed by atoms with Crippen molar-refractivity contribution < 1.29 is 29.0 Å². The van der Waals surface area contributed by atoms with Crippen LogP contribution in [0, 0.1) is 5.92 Å². The maximum Gasteiger partial charge on any atom is 0.303 e. The zero-order chi connectivity index (χ0) is 20.4. The molecule has 0 unspecified atom stereocenters. The minimum absolute atomic E-state index is 0.000477. The van der Waals surface area contributed by atoms with E-state index in [0.29, 0.717) is 5.56 Å². The van der Waals surface area contributed by atoms with Crippen molar-refractivity contribution in [2.45, 2.75) is 31.7 Å². The first-order valence-electron chi connectivity index (χ1n) is 9.11. The van der Waals surface area contributed by atoms with Gasteiger partial charge in [-0.25, -0.2) is 0 Å². The van der Waals surface area contributed by atoms with Gasteiger partial charge in [0.15, 0.2) is 6.29 Å². The van der Waals surface area contributed by atoms with Gasteiger partial charge >= 0.3 is 5.97 Å². The van der Waals surface area contributed by atoms with Crippen LogP contribution in [0.2, 0.25) is 0 Å². The van der Waals surface area contributed by atoms with E-state index in [0.717, 1.165) is 24.3 Å². The van der Waals surface area contributed by atoms with Crippen molar-refractivity contribution in [1.29, 1.82) is 0 Å². The van der Waals surface area contributed by atoms with Crippen LogP contribution in [-0.4, -0.2) is 67.4 Å². The Balaban J connectivity index is 1.70. The van der Waals surface area contributed by atoms with E-state index >= 15 is 0 Å². The van der Waals surface area contributed by atoms with Gasteiger partial charge in [0.2, 0.25) is 5.91 Å². The summed E-state index contributed by atoms with van der Waals surface area (Å²) in [5.74, 6) is -1.75. The highest BCUT2D eigenvalue weighted by Gasteiger charge is 2.38. The number of nitrogens with zero attached hydrogens (tertiary/aromatic N) is 2. The van der Waals surface area contributed by atoms with Gasteiger partial charge in [-0.3, -0.25) is 14.4 Å². The number of carboxylic acid groups (broad SMARTS) is 1. The SMILES string of the molecule is COC(OC)C1CN(c2ccc3c(c2)CN([C@@H](CCC(=O)O)C(N)=O)C3=O)C1. The van der Waals surface area contributed by atoms with Crippen molar-refractivity contribution in [2.24, 2.45) is 11.7 Å². The Bertz CT molecular complexity index is 773. The number of fused-ring (bicyclic) bond motifs is 1. The first-order chi connectivity index (χ1) is 13.3. The Labute approximate surface area is 163 Å². The molecule has 1 aromatic carbocycles. The number of aliphatic carboxylic acids is 1. The van der Waals surface area contributed by atoms with Crippen molar-refractivity contribution in [1.82, 2.24) is 4.90 Å². The summed E-state index contributed by atoms with van der Waals surface area (Å²) in [5.41, 5.74) is 7.73. The zero-order valence-electron chi connectivity index (χ0n) is 16.0. The molecule has 1 aromatic rings. The summed E-state index contributed by atoms with van der Waals surface area (Å²) < 4.78 is 10.6. The van der Waals surface area contributed by atoms with Crippen molar-refractivity contribution in [3.63, 3.8) is 0 Å². The van der Waals surface area contributed by atoms with E-state index in [1.165, 1.54) is 4.90 Å². The van der Waals surface area contributed by atoms with Crippen molar-refractivity contribution in [3.05, 3.63) is 29.3 Å². The molecule has 3 N–H and O–H groups in total. The highest BCUT2D eigenvalue weighted by molar-refractivity contribution is 6.01. The van der Waals surface area contributed by atoms with E-state index in [1.807, 2.05) is 12.1 Å². The smallest absolute Gasteiger partial charge is 0.303 e. The van der Waals surface area contributed by atoms with Crippen molar-refractivity contribution in [2.75, 3.05) is 32.2 Å². The van der Waals surface area contributed by atoms with Gasteiger partial charge < -0.3 is 30.1 Å². The Morgan fingerprint density at radius 2 is 1.96 bits per heavy atom. The van der Waals surface area contributed by atoms with E-state index in [2.05, 4.69) is 4.90 Å². The van der Waals surface area contributed by atoms with Crippen LogP contribution in [0.15, 0.2) is 18.2 Å². The van der Waals surface area contributed by atoms with E-state index in [4.69, 9.17) is 20.3 Å². The van der Waals surface area contributed by atoms with Crippen LogP contribution in [0.25, 0.3) is 0 Å². The van der Waals surface area contributed by atoms with Gasteiger partial charge in [0.25, 0.3) is 5.91 Å². The fourth-order valence-corrected chi connectivity index (χ4v) is 3.87. The zero-order valence-corrected chi connectivity index (χ0v) is 16.0. The Morgan fingerprint density at radius 3 is 2.54 bits per heavy atom. The largest absolute Gasteiger partial charge is 0.481 e. The minimum Gasteiger partial charge on any atom is -0.481 e. The number of anilines is 1. The van der Waals surface area contributed by atoms with Gasteiger partial charge in [-0.05, 0) is 30.2 Å². The predicted octanol–water partition coefficient (Wildman–Crippen LogP) is 0.416. The molecule has 0 aliphatic carbocycles. The van der Waals surface area contributed by atoms with E-state index < -0.39 is 17.9 Å². The highest BCUT2D eigenvalue weighted by atomic mass is 16.7. The number of primary amides is 1. The molecule has 1 saturated heterocycles. The Kier molecular flexibility index (Phi) is 5.85. The van der Waals surface area contributed by atoms with Gasteiger partial charge in [-0.15, -0.1) is 0 Å². The van der Waals surface area contributed by atoms with Crippen LogP contribution in [0.3, 0.4) is 0 Å². The van der Waals surface area contributed by atoms with Crippen LogP contribution in [0.4, 0.5) is 5.69 Å². The lowest BCUT2D eigenvalue weighted by Crippen LogP contribution is -2.53. The fraction of sp³-hybridized carbons (Fsp3) is 0.526. The van der Waals surface area contributed by atoms with Gasteiger partial charge in [-0.1, -0.05) is 0 Å². The molecule has 0 saturated carbocycles. The molecular formula is C19H25N3O6. The van der Waals surface area contributed by atoms with E-state index in [-0.39, 0.29) is 37.5 Å². The first kappa shape index (κ1) is 20.1. The molecule has 1 fully saturated rings. The first-order valence-corrected chi connectivity index (χ1v) is 9.11. The number of rotatable bonds is 9. The monoisotopic (exact) mass is 391 g/mol. The number of methoxy groups -OCH3 is 2. The number of hydrogen-bond acceptors (Lipinski definition) is 6. The molecule has 28 heavy (non-hydrogen) atoms. The number of hydrogen-bond donors (Lipinski definition) is 2. The lowest BCUT2D eigenvalue weighted by atomic mass is 9.97. The Morgan fingerprint density at radius 1 is 1.29 bits per heavy atom. The third kappa shape index (κ3) is 3.81. The standard InChI is InChI=1S/C19H25N3O6/c1-27-19(28-2)12-8-21(9-12)13-3-4-14-11(7-13)10-22(18(14)26)15(17(20)25)5-6-16(23)24/h3-4,7,12,15,19H,5-6,8-10H2,1-2H3,(H2,20,25)(H,23,24)/t15-/m0/s1. The summed E-state index contributed by atoms with van der Waals surface area (Å²) in [7, 11) is 3.23. The summed E-state index contributed by atoms with van der Waals surface area (Å²) in [6.45, 7) is 1.81. The number of amides is 2. The second-order valence-corrected chi connectivity index (χ2v) is 7.13. The molecule has 0 bridgehead atoms. The molecule has 3 rings (SSSR count). The second-order valence-electron chi connectivity index (χ2n) is 7.13. The van der Waals surface area contributed by atoms with Gasteiger partial charge in [0, 0.05) is 57.4 Å². The summed E-state index contributed by atoms with van der Waals surface area (Å²) in [4.78, 5) is 38.9. The van der Waals surface area contributed by atoms with E-state index in [9.17, 15) is 14.4 Å². The van der Waals surface area contributed by atoms with Crippen LogP contribution in [0.1, 0.15) is 28.8 Å². The molecule has 0 spiro atoms. The van der Waals surface area contributed by atoms with Gasteiger partial charge in [0.05, 0.1) is 0 Å². The number of benzene rings is 1. The summed E-state index contributed by atoms with van der Waals surface area (Å²) in [6.07, 6.45) is -0.470. The fourth-order valence-electron chi connectivity index (χ4n) is 3.87. The quantitative estimate of drug-likeness (QED) is 0.585. The number of ether oxygens (including phenoxy) is 2. The molecule has 0 radical (unpaired) electrons. The molecule has 2 aliphatic heterocycles. The predicted molar refractivity (Wildman–Crippen MR) is 99.7 cm³/mol. The number of carbonyl (C=O) groups excluding carboxylic acids is 2. The van der Waals surface area contributed by atoms with Crippen LogP contribution < -0.4 is 10.6 Å². The number of nitrogens with two attached hydrogens (primary N) is 1. The van der Waals surface area contributed by atoms with Crippen molar-refractivity contribution >= 4 is 23.5 Å². The maximum absolute atomic E-state index is 12.7. The minimum atomic E-state index is -1.03. The molecule has 2 amide bonds. The Hall–Kier alpha value is -2.65. The molecular weight excluding hydrogens is 366 g/mol.